The van der Waals surface area contributed by atoms with Crippen LogP contribution in [0.15, 0.2) is 24.3 Å². The molecule has 2 atom stereocenters. The lowest BCUT2D eigenvalue weighted by atomic mass is 10.0. The van der Waals surface area contributed by atoms with Crippen LogP contribution in [0.25, 0.3) is 0 Å². The van der Waals surface area contributed by atoms with Crippen molar-refractivity contribution in [2.75, 3.05) is 6.54 Å². The molecule has 0 aliphatic carbocycles. The van der Waals surface area contributed by atoms with Crippen molar-refractivity contribution < 1.29 is 10.2 Å². The lowest BCUT2D eigenvalue weighted by Gasteiger charge is -2.17. The Bertz CT molecular complexity index is 354. The zero-order valence-corrected chi connectivity index (χ0v) is 9.65. The summed E-state index contributed by atoms with van der Waals surface area (Å²) in [7, 11) is 0. The molecule has 1 rings (SSSR count). The van der Waals surface area contributed by atoms with E-state index in [0.717, 1.165) is 5.56 Å². The molecule has 0 bridgehead atoms. The summed E-state index contributed by atoms with van der Waals surface area (Å²) in [6.07, 6.45) is -1.41. The fourth-order valence-corrected chi connectivity index (χ4v) is 1.53. The van der Waals surface area contributed by atoms with Crippen LogP contribution in [0.2, 0.25) is 0 Å². The minimum atomic E-state index is -0.927. The largest absolute Gasteiger partial charge is 0.390 e. The SMILES string of the molecule is NCCC(O)C(O)c1ccc(C(N)=S)cc1. The number of hydrogen-bond donors (Lipinski definition) is 4. The van der Waals surface area contributed by atoms with Crippen LogP contribution < -0.4 is 11.5 Å². The Kier molecular flexibility index (Phi) is 4.82. The van der Waals surface area contributed by atoms with Gasteiger partial charge in [-0.05, 0) is 18.5 Å². The predicted molar refractivity (Wildman–Crippen MR) is 67.0 cm³/mol. The minimum Gasteiger partial charge on any atom is -0.390 e. The number of rotatable bonds is 5. The molecule has 88 valence electrons. The van der Waals surface area contributed by atoms with Gasteiger partial charge in [0.25, 0.3) is 0 Å². The molecule has 6 N–H and O–H groups in total. The standard InChI is InChI=1S/C11H16N2O2S/c12-6-5-9(14)10(15)7-1-3-8(4-2-7)11(13)16/h1-4,9-10,14-15H,5-6,12H2,(H2,13,16). The molecule has 0 aliphatic rings. The van der Waals surface area contributed by atoms with Gasteiger partial charge in [0.1, 0.15) is 11.1 Å². The Labute approximate surface area is 99.9 Å². The molecule has 5 heteroatoms. The molecule has 0 spiro atoms. The second-order valence-corrected chi connectivity index (χ2v) is 4.02. The number of nitrogens with two attached hydrogens (primary N) is 2. The number of hydrogen-bond acceptors (Lipinski definition) is 4. The van der Waals surface area contributed by atoms with Crippen LogP contribution in [-0.4, -0.2) is 27.9 Å². The van der Waals surface area contributed by atoms with Crippen molar-refractivity contribution in [3.63, 3.8) is 0 Å². The third-order valence-corrected chi connectivity index (χ3v) is 2.60. The van der Waals surface area contributed by atoms with E-state index in [2.05, 4.69) is 0 Å². The first-order valence-electron chi connectivity index (χ1n) is 5.02. The van der Waals surface area contributed by atoms with Crippen LogP contribution in [0, 0.1) is 0 Å². The van der Waals surface area contributed by atoms with Gasteiger partial charge in [-0.1, -0.05) is 36.5 Å². The first-order valence-corrected chi connectivity index (χ1v) is 5.43. The third kappa shape index (κ3) is 3.24. The Morgan fingerprint density at radius 1 is 1.25 bits per heavy atom. The van der Waals surface area contributed by atoms with E-state index in [-0.39, 0.29) is 0 Å². The molecular weight excluding hydrogens is 224 g/mol. The van der Waals surface area contributed by atoms with Crippen molar-refractivity contribution in [1.82, 2.24) is 0 Å². The molecule has 0 saturated heterocycles. The van der Waals surface area contributed by atoms with Crippen LogP contribution in [0.1, 0.15) is 23.7 Å². The van der Waals surface area contributed by atoms with Crippen LogP contribution in [-0.2, 0) is 0 Å². The molecule has 16 heavy (non-hydrogen) atoms. The van der Waals surface area contributed by atoms with Gasteiger partial charge in [-0.3, -0.25) is 0 Å². The highest BCUT2D eigenvalue weighted by molar-refractivity contribution is 7.80. The summed E-state index contributed by atoms with van der Waals surface area (Å²) in [4.78, 5) is 0.309. The second-order valence-electron chi connectivity index (χ2n) is 3.58. The molecule has 1 aromatic rings. The molecule has 4 nitrogen and oxygen atoms in total. The summed E-state index contributed by atoms with van der Waals surface area (Å²) in [6.45, 7) is 0.337. The maximum atomic E-state index is 9.78. The lowest BCUT2D eigenvalue weighted by molar-refractivity contribution is 0.0150. The van der Waals surface area contributed by atoms with Crippen LogP contribution >= 0.6 is 12.2 Å². The monoisotopic (exact) mass is 240 g/mol. The summed E-state index contributed by atoms with van der Waals surface area (Å²) >= 11 is 4.81. The van der Waals surface area contributed by atoms with E-state index in [1.807, 2.05) is 0 Å². The van der Waals surface area contributed by atoms with Crippen molar-refractivity contribution in [3.05, 3.63) is 35.4 Å². The molecule has 0 aliphatic heterocycles. The fourth-order valence-electron chi connectivity index (χ4n) is 1.40. The normalized spacial score (nSPS) is 14.4. The van der Waals surface area contributed by atoms with Crippen molar-refractivity contribution in [3.8, 4) is 0 Å². The van der Waals surface area contributed by atoms with E-state index in [9.17, 15) is 10.2 Å². The molecule has 0 saturated carbocycles. The molecule has 0 heterocycles. The molecule has 0 aromatic heterocycles. The van der Waals surface area contributed by atoms with Gasteiger partial charge in [0.15, 0.2) is 0 Å². The third-order valence-electron chi connectivity index (χ3n) is 2.36. The summed E-state index contributed by atoms with van der Waals surface area (Å²) in [6, 6.07) is 6.82. The highest BCUT2D eigenvalue weighted by Gasteiger charge is 2.17. The molecule has 0 amide bonds. The summed E-state index contributed by atoms with van der Waals surface area (Å²) < 4.78 is 0. The van der Waals surface area contributed by atoms with Gasteiger partial charge in [0.2, 0.25) is 0 Å². The van der Waals surface area contributed by atoms with Gasteiger partial charge in [0, 0.05) is 5.56 Å². The van der Waals surface area contributed by atoms with Crippen molar-refractivity contribution in [1.29, 1.82) is 0 Å². The predicted octanol–water partition coefficient (Wildman–Crippen LogP) is 0.0639. The number of aliphatic hydroxyl groups is 2. The van der Waals surface area contributed by atoms with Gasteiger partial charge in [-0.15, -0.1) is 0 Å². The van der Waals surface area contributed by atoms with E-state index < -0.39 is 12.2 Å². The second kappa shape index (κ2) is 5.91. The Hall–Kier alpha value is -1.01. The van der Waals surface area contributed by atoms with Gasteiger partial charge >= 0.3 is 0 Å². The van der Waals surface area contributed by atoms with Crippen LogP contribution in [0.5, 0.6) is 0 Å². The Morgan fingerprint density at radius 3 is 2.25 bits per heavy atom. The number of thiocarbonyl (C=S) groups is 1. The minimum absolute atomic E-state index is 0.309. The van der Waals surface area contributed by atoms with Gasteiger partial charge in [0.05, 0.1) is 6.10 Å². The van der Waals surface area contributed by atoms with E-state index in [1.54, 1.807) is 24.3 Å². The quantitative estimate of drug-likeness (QED) is 0.546. The van der Waals surface area contributed by atoms with Gasteiger partial charge < -0.3 is 21.7 Å². The van der Waals surface area contributed by atoms with Crippen molar-refractivity contribution in [2.24, 2.45) is 11.5 Å². The summed E-state index contributed by atoms with van der Waals surface area (Å²) in [5.41, 5.74) is 12.1. The first kappa shape index (κ1) is 13.1. The number of aliphatic hydroxyl groups excluding tert-OH is 2. The lowest BCUT2D eigenvalue weighted by Crippen LogP contribution is -2.21. The van der Waals surface area contributed by atoms with Gasteiger partial charge in [-0.2, -0.15) is 0 Å². The van der Waals surface area contributed by atoms with Crippen LogP contribution in [0.3, 0.4) is 0 Å². The molecule has 1 aromatic carbocycles. The Balaban J connectivity index is 2.77. The molecular formula is C11H16N2O2S. The molecule has 0 radical (unpaired) electrons. The smallest absolute Gasteiger partial charge is 0.105 e. The highest BCUT2D eigenvalue weighted by atomic mass is 32.1. The average molecular weight is 240 g/mol. The van der Waals surface area contributed by atoms with Gasteiger partial charge in [-0.25, -0.2) is 0 Å². The summed E-state index contributed by atoms with van der Waals surface area (Å²) in [5, 5.41) is 19.3. The first-order chi connectivity index (χ1) is 7.56. The fraction of sp³-hybridized carbons (Fsp3) is 0.364. The summed E-state index contributed by atoms with van der Waals surface area (Å²) in [5.74, 6) is 0. The van der Waals surface area contributed by atoms with E-state index in [0.29, 0.717) is 23.5 Å². The topological polar surface area (TPSA) is 92.5 Å². The highest BCUT2D eigenvalue weighted by Crippen LogP contribution is 2.19. The van der Waals surface area contributed by atoms with E-state index in [4.69, 9.17) is 23.7 Å². The maximum absolute atomic E-state index is 9.78. The molecule has 2 unspecified atom stereocenters. The number of benzene rings is 1. The Morgan fingerprint density at radius 2 is 1.81 bits per heavy atom. The van der Waals surface area contributed by atoms with Crippen molar-refractivity contribution in [2.45, 2.75) is 18.6 Å². The van der Waals surface area contributed by atoms with E-state index >= 15 is 0 Å². The zero-order valence-electron chi connectivity index (χ0n) is 8.84. The average Bonchev–Trinajstić information content (AvgIpc) is 2.28. The van der Waals surface area contributed by atoms with Crippen molar-refractivity contribution >= 4 is 17.2 Å². The van der Waals surface area contributed by atoms with E-state index in [1.165, 1.54) is 0 Å². The zero-order chi connectivity index (χ0) is 12.1. The molecule has 0 fully saturated rings. The van der Waals surface area contributed by atoms with Crippen LogP contribution in [0.4, 0.5) is 0 Å². The maximum Gasteiger partial charge on any atom is 0.105 e.